The summed E-state index contributed by atoms with van der Waals surface area (Å²) in [4.78, 5) is 4.60. The van der Waals surface area contributed by atoms with E-state index in [9.17, 15) is 5.11 Å². The van der Waals surface area contributed by atoms with E-state index in [1.807, 2.05) is 12.1 Å². The molecule has 0 saturated heterocycles. The molecule has 0 radical (unpaired) electrons. The number of aliphatic hydroxyl groups excluding tert-OH is 1. The van der Waals surface area contributed by atoms with Crippen LogP contribution in [0.5, 0.6) is 0 Å². The molecule has 3 rings (SSSR count). The molecule has 3 heteroatoms. The van der Waals surface area contributed by atoms with Gasteiger partial charge in [0.1, 0.15) is 11.9 Å². The maximum Gasteiger partial charge on any atom is 0.138 e. The summed E-state index contributed by atoms with van der Waals surface area (Å²) < 4.78 is 2.28. The summed E-state index contributed by atoms with van der Waals surface area (Å²) in [5.74, 6) is 0.822. The molecule has 0 aliphatic heterocycles. The second-order valence-corrected chi connectivity index (χ2v) is 5.30. The normalized spacial score (nSPS) is 19.2. The quantitative estimate of drug-likeness (QED) is 0.876. The van der Waals surface area contributed by atoms with E-state index in [0.717, 1.165) is 11.3 Å². The smallest absolute Gasteiger partial charge is 0.138 e. The van der Waals surface area contributed by atoms with E-state index < -0.39 is 6.10 Å². The summed E-state index contributed by atoms with van der Waals surface area (Å²) in [7, 11) is 0. The van der Waals surface area contributed by atoms with Crippen molar-refractivity contribution in [1.29, 1.82) is 0 Å². The van der Waals surface area contributed by atoms with E-state index in [-0.39, 0.29) is 0 Å². The highest BCUT2D eigenvalue weighted by atomic mass is 16.3. The van der Waals surface area contributed by atoms with Gasteiger partial charge in [-0.1, -0.05) is 31.4 Å². The molecular formula is C15H20N2O. The average molecular weight is 244 g/mol. The Labute approximate surface area is 107 Å². The van der Waals surface area contributed by atoms with Crippen molar-refractivity contribution in [3.8, 4) is 0 Å². The van der Waals surface area contributed by atoms with Crippen LogP contribution in [0.2, 0.25) is 0 Å². The minimum atomic E-state index is -0.501. The second kappa shape index (κ2) is 4.73. The molecule has 1 atom stereocenters. The average Bonchev–Trinajstić information content (AvgIpc) is 2.79. The molecule has 1 fully saturated rings. The van der Waals surface area contributed by atoms with Gasteiger partial charge < -0.3 is 9.67 Å². The van der Waals surface area contributed by atoms with Crippen LogP contribution in [-0.4, -0.2) is 14.7 Å². The fourth-order valence-electron chi connectivity index (χ4n) is 3.08. The maximum atomic E-state index is 9.95. The number of fused-ring (bicyclic) bond motifs is 1. The minimum Gasteiger partial charge on any atom is -0.385 e. The summed E-state index contributed by atoms with van der Waals surface area (Å²) in [6.45, 7) is 1.81. The van der Waals surface area contributed by atoms with Gasteiger partial charge >= 0.3 is 0 Å². The predicted molar refractivity (Wildman–Crippen MR) is 72.5 cm³/mol. The molecule has 3 nitrogen and oxygen atoms in total. The van der Waals surface area contributed by atoms with Gasteiger partial charge in [0, 0.05) is 6.04 Å². The third kappa shape index (κ3) is 1.93. The molecule has 0 bridgehead atoms. The first-order chi connectivity index (χ1) is 8.77. The molecule has 1 aromatic heterocycles. The highest BCUT2D eigenvalue weighted by Gasteiger charge is 2.22. The zero-order valence-corrected chi connectivity index (χ0v) is 10.8. The monoisotopic (exact) mass is 244 g/mol. The van der Waals surface area contributed by atoms with Gasteiger partial charge in [0.15, 0.2) is 0 Å². The summed E-state index contributed by atoms with van der Waals surface area (Å²) in [6, 6.07) is 8.71. The first-order valence-electron chi connectivity index (χ1n) is 6.92. The van der Waals surface area contributed by atoms with Gasteiger partial charge in [-0.05, 0) is 31.9 Å². The minimum absolute atomic E-state index is 0.501. The van der Waals surface area contributed by atoms with Crippen LogP contribution in [0.15, 0.2) is 24.3 Å². The van der Waals surface area contributed by atoms with E-state index in [4.69, 9.17) is 0 Å². The van der Waals surface area contributed by atoms with Gasteiger partial charge in [-0.15, -0.1) is 0 Å². The number of hydrogen-bond acceptors (Lipinski definition) is 2. The van der Waals surface area contributed by atoms with Crippen molar-refractivity contribution in [1.82, 2.24) is 9.55 Å². The highest BCUT2D eigenvalue weighted by Crippen LogP contribution is 2.33. The number of para-hydroxylation sites is 2. The van der Waals surface area contributed by atoms with Gasteiger partial charge in [-0.25, -0.2) is 4.98 Å². The fourth-order valence-corrected chi connectivity index (χ4v) is 3.08. The lowest BCUT2D eigenvalue weighted by Crippen LogP contribution is -2.16. The van der Waals surface area contributed by atoms with E-state index in [1.165, 1.54) is 37.6 Å². The lowest BCUT2D eigenvalue weighted by Gasteiger charge is -2.26. The van der Waals surface area contributed by atoms with Crippen molar-refractivity contribution >= 4 is 11.0 Å². The Hall–Kier alpha value is -1.35. The number of nitrogens with zero attached hydrogens (tertiary/aromatic N) is 2. The number of hydrogen-bond donors (Lipinski definition) is 1. The number of benzene rings is 1. The molecule has 1 saturated carbocycles. The summed E-state index contributed by atoms with van der Waals surface area (Å²) in [5, 5.41) is 9.95. The van der Waals surface area contributed by atoms with Crippen molar-refractivity contribution in [2.24, 2.45) is 0 Å². The van der Waals surface area contributed by atoms with Gasteiger partial charge in [-0.2, -0.15) is 0 Å². The molecule has 1 aromatic carbocycles. The van der Waals surface area contributed by atoms with Crippen LogP contribution in [0.25, 0.3) is 11.0 Å². The summed E-state index contributed by atoms with van der Waals surface area (Å²) >= 11 is 0. The first kappa shape index (κ1) is 11.7. The third-order valence-corrected chi connectivity index (χ3v) is 3.94. The van der Waals surface area contributed by atoms with E-state index in [0.29, 0.717) is 6.04 Å². The number of rotatable bonds is 2. The maximum absolute atomic E-state index is 9.95. The summed E-state index contributed by atoms with van der Waals surface area (Å²) in [5.41, 5.74) is 2.17. The number of aliphatic hydroxyl groups is 1. The Morgan fingerprint density at radius 3 is 2.67 bits per heavy atom. The Bertz CT molecular complexity index is 538. The molecule has 2 aromatic rings. The van der Waals surface area contributed by atoms with Gasteiger partial charge in [0.05, 0.1) is 11.0 Å². The summed E-state index contributed by atoms with van der Waals surface area (Å²) in [6.07, 6.45) is 5.83. The van der Waals surface area contributed by atoms with Crippen molar-refractivity contribution in [3.63, 3.8) is 0 Å². The second-order valence-electron chi connectivity index (χ2n) is 5.30. The molecule has 1 aliphatic carbocycles. The van der Waals surface area contributed by atoms with Crippen LogP contribution in [0, 0.1) is 0 Å². The Balaban J connectivity index is 2.14. The SMILES string of the molecule is C[C@@H](O)c1nc2ccccc2n1C1CCCCC1. The molecule has 1 heterocycles. The zero-order chi connectivity index (χ0) is 12.5. The zero-order valence-electron chi connectivity index (χ0n) is 10.8. The predicted octanol–water partition coefficient (Wildman–Crippen LogP) is 3.59. The van der Waals surface area contributed by atoms with Crippen LogP contribution in [0.4, 0.5) is 0 Å². The largest absolute Gasteiger partial charge is 0.385 e. The lowest BCUT2D eigenvalue weighted by atomic mass is 9.95. The standard InChI is InChI=1S/C15H20N2O/c1-11(18)15-16-13-9-5-6-10-14(13)17(15)12-7-3-2-4-8-12/h5-6,9-12,18H,2-4,7-8H2,1H3/t11-/m1/s1. The van der Waals surface area contributed by atoms with Crippen LogP contribution in [0.1, 0.15) is 57.0 Å². The fraction of sp³-hybridized carbons (Fsp3) is 0.533. The third-order valence-electron chi connectivity index (χ3n) is 3.94. The molecule has 96 valence electrons. The Kier molecular flexibility index (Phi) is 3.08. The van der Waals surface area contributed by atoms with E-state index in [1.54, 1.807) is 6.92 Å². The number of aromatic nitrogens is 2. The highest BCUT2D eigenvalue weighted by molar-refractivity contribution is 5.76. The topological polar surface area (TPSA) is 38.1 Å². The van der Waals surface area contributed by atoms with Crippen LogP contribution >= 0.6 is 0 Å². The Morgan fingerprint density at radius 1 is 1.22 bits per heavy atom. The van der Waals surface area contributed by atoms with Crippen LogP contribution in [-0.2, 0) is 0 Å². The van der Waals surface area contributed by atoms with Crippen molar-refractivity contribution in [2.45, 2.75) is 51.2 Å². The molecule has 0 unspecified atom stereocenters. The van der Waals surface area contributed by atoms with Gasteiger partial charge in [0.25, 0.3) is 0 Å². The van der Waals surface area contributed by atoms with Gasteiger partial charge in [-0.3, -0.25) is 0 Å². The molecule has 1 aliphatic rings. The van der Waals surface area contributed by atoms with E-state index in [2.05, 4.69) is 21.7 Å². The molecule has 0 amide bonds. The van der Waals surface area contributed by atoms with Crippen LogP contribution in [0.3, 0.4) is 0 Å². The molecule has 0 spiro atoms. The number of imidazole rings is 1. The lowest BCUT2D eigenvalue weighted by molar-refractivity contribution is 0.178. The molecule has 1 N–H and O–H groups in total. The van der Waals surface area contributed by atoms with E-state index >= 15 is 0 Å². The van der Waals surface area contributed by atoms with Crippen molar-refractivity contribution in [2.75, 3.05) is 0 Å². The Morgan fingerprint density at radius 2 is 1.94 bits per heavy atom. The molecular weight excluding hydrogens is 224 g/mol. The molecule has 18 heavy (non-hydrogen) atoms. The van der Waals surface area contributed by atoms with Gasteiger partial charge in [0.2, 0.25) is 0 Å². The van der Waals surface area contributed by atoms with Crippen molar-refractivity contribution in [3.05, 3.63) is 30.1 Å². The van der Waals surface area contributed by atoms with Crippen molar-refractivity contribution < 1.29 is 5.11 Å². The first-order valence-corrected chi connectivity index (χ1v) is 6.92. The van der Waals surface area contributed by atoms with Crippen LogP contribution < -0.4 is 0 Å².